The van der Waals surface area contributed by atoms with E-state index in [0.717, 1.165) is 5.39 Å². The van der Waals surface area contributed by atoms with Crippen molar-refractivity contribution in [3.63, 3.8) is 0 Å². The Morgan fingerprint density at radius 1 is 0.667 bits per heavy atom. The molecule has 0 aliphatic heterocycles. The standard InChI is InChI=1S/C20H16O/c1-12-17-9-7-14-5-3-4-6-18(14)20(17)13(2)16-10-8-15(21)11-19(12)16/h3-11,21H,1-2H3. The molecular weight excluding hydrogens is 256 g/mol. The fraction of sp³-hybridized carbons (Fsp3) is 0.100. The fourth-order valence-corrected chi connectivity index (χ4v) is 3.44. The monoisotopic (exact) mass is 272 g/mol. The van der Waals surface area contributed by atoms with Crippen LogP contribution in [0.2, 0.25) is 0 Å². The fourth-order valence-electron chi connectivity index (χ4n) is 3.44. The van der Waals surface area contributed by atoms with Crippen molar-refractivity contribution in [3.8, 4) is 5.75 Å². The Labute approximate surface area is 123 Å². The number of phenolic OH excluding ortho intramolecular Hbond substituents is 1. The molecule has 0 saturated heterocycles. The summed E-state index contributed by atoms with van der Waals surface area (Å²) in [5.41, 5.74) is 2.51. The SMILES string of the molecule is Cc1c2cc(O)ccc2c(C)c2c1ccc1ccccc12. The van der Waals surface area contributed by atoms with E-state index >= 15 is 0 Å². The molecule has 0 saturated carbocycles. The second-order valence-electron chi connectivity index (χ2n) is 5.69. The molecule has 0 aliphatic rings. The van der Waals surface area contributed by atoms with Crippen LogP contribution >= 0.6 is 0 Å². The minimum atomic E-state index is 0.324. The highest BCUT2D eigenvalue weighted by Gasteiger charge is 2.11. The van der Waals surface area contributed by atoms with Crippen molar-refractivity contribution in [3.05, 3.63) is 65.7 Å². The normalized spacial score (nSPS) is 11.5. The summed E-state index contributed by atoms with van der Waals surface area (Å²) in [6, 6.07) is 18.6. The maximum absolute atomic E-state index is 9.79. The van der Waals surface area contributed by atoms with E-state index in [1.165, 1.54) is 38.1 Å². The van der Waals surface area contributed by atoms with Crippen LogP contribution in [-0.4, -0.2) is 5.11 Å². The minimum Gasteiger partial charge on any atom is -0.508 e. The van der Waals surface area contributed by atoms with Gasteiger partial charge in [-0.3, -0.25) is 0 Å². The molecule has 0 fully saturated rings. The smallest absolute Gasteiger partial charge is 0.116 e. The van der Waals surface area contributed by atoms with E-state index in [1.807, 2.05) is 12.1 Å². The number of hydrogen-bond acceptors (Lipinski definition) is 1. The van der Waals surface area contributed by atoms with Gasteiger partial charge in [0.05, 0.1) is 0 Å². The summed E-state index contributed by atoms with van der Waals surface area (Å²) in [6.45, 7) is 4.31. The molecule has 0 atom stereocenters. The van der Waals surface area contributed by atoms with Gasteiger partial charge in [-0.25, -0.2) is 0 Å². The van der Waals surface area contributed by atoms with Crippen molar-refractivity contribution in [2.24, 2.45) is 0 Å². The minimum absolute atomic E-state index is 0.324. The summed E-state index contributed by atoms with van der Waals surface area (Å²) in [6.07, 6.45) is 0. The molecule has 0 bridgehead atoms. The van der Waals surface area contributed by atoms with Crippen LogP contribution in [0, 0.1) is 13.8 Å². The van der Waals surface area contributed by atoms with Crippen molar-refractivity contribution >= 4 is 32.3 Å². The number of rotatable bonds is 0. The van der Waals surface area contributed by atoms with Crippen LogP contribution < -0.4 is 0 Å². The highest BCUT2D eigenvalue weighted by Crippen LogP contribution is 2.37. The molecule has 4 rings (SSSR count). The third-order valence-corrected chi connectivity index (χ3v) is 4.52. The summed E-state index contributed by atoms with van der Waals surface area (Å²) in [7, 11) is 0. The lowest BCUT2D eigenvalue weighted by Crippen LogP contribution is -1.89. The van der Waals surface area contributed by atoms with Crippen LogP contribution in [0.25, 0.3) is 32.3 Å². The highest BCUT2D eigenvalue weighted by molar-refractivity contribution is 6.16. The molecule has 21 heavy (non-hydrogen) atoms. The maximum atomic E-state index is 9.79. The van der Waals surface area contributed by atoms with Crippen LogP contribution in [0.5, 0.6) is 5.75 Å². The molecule has 0 unspecified atom stereocenters. The molecular formula is C20H16O. The number of aromatic hydroxyl groups is 1. The molecule has 0 heterocycles. The van der Waals surface area contributed by atoms with Gasteiger partial charge in [-0.05, 0) is 69.4 Å². The number of phenols is 1. The van der Waals surface area contributed by atoms with Crippen molar-refractivity contribution < 1.29 is 5.11 Å². The highest BCUT2D eigenvalue weighted by atomic mass is 16.3. The first kappa shape index (κ1) is 12.2. The Kier molecular flexibility index (Phi) is 2.46. The zero-order valence-corrected chi connectivity index (χ0v) is 12.1. The van der Waals surface area contributed by atoms with Gasteiger partial charge in [0.1, 0.15) is 5.75 Å². The molecule has 1 nitrogen and oxygen atoms in total. The summed E-state index contributed by atoms with van der Waals surface area (Å²) >= 11 is 0. The Morgan fingerprint density at radius 2 is 1.43 bits per heavy atom. The van der Waals surface area contributed by atoms with Gasteiger partial charge in [-0.2, -0.15) is 0 Å². The Balaban J connectivity index is 2.35. The van der Waals surface area contributed by atoms with Gasteiger partial charge < -0.3 is 5.11 Å². The third-order valence-electron chi connectivity index (χ3n) is 4.52. The van der Waals surface area contributed by atoms with Crippen molar-refractivity contribution in [2.45, 2.75) is 13.8 Å². The van der Waals surface area contributed by atoms with E-state index in [2.05, 4.69) is 50.2 Å². The molecule has 0 spiro atoms. The summed E-state index contributed by atoms with van der Waals surface area (Å²) < 4.78 is 0. The number of aryl methyl sites for hydroxylation is 2. The Bertz CT molecular complexity index is 1010. The molecule has 0 aliphatic carbocycles. The van der Waals surface area contributed by atoms with E-state index in [1.54, 1.807) is 6.07 Å². The first-order valence-corrected chi connectivity index (χ1v) is 7.20. The first-order chi connectivity index (χ1) is 10.2. The topological polar surface area (TPSA) is 20.2 Å². The largest absolute Gasteiger partial charge is 0.508 e. The van der Waals surface area contributed by atoms with E-state index in [9.17, 15) is 5.11 Å². The Hall–Kier alpha value is -2.54. The predicted molar refractivity (Wildman–Crippen MR) is 90.1 cm³/mol. The Morgan fingerprint density at radius 3 is 2.29 bits per heavy atom. The van der Waals surface area contributed by atoms with E-state index < -0.39 is 0 Å². The van der Waals surface area contributed by atoms with Crippen LogP contribution in [0.3, 0.4) is 0 Å². The van der Waals surface area contributed by atoms with E-state index in [-0.39, 0.29) is 0 Å². The molecule has 0 aromatic heterocycles. The summed E-state index contributed by atoms with van der Waals surface area (Å²) in [5, 5.41) is 17.3. The number of fused-ring (bicyclic) bond motifs is 4. The molecule has 0 radical (unpaired) electrons. The van der Waals surface area contributed by atoms with Gasteiger partial charge in [0.2, 0.25) is 0 Å². The predicted octanol–water partition coefficient (Wildman–Crippen LogP) is 5.47. The van der Waals surface area contributed by atoms with Gasteiger partial charge in [0.15, 0.2) is 0 Å². The van der Waals surface area contributed by atoms with Crippen molar-refractivity contribution in [2.75, 3.05) is 0 Å². The number of benzene rings is 4. The van der Waals surface area contributed by atoms with E-state index in [0.29, 0.717) is 5.75 Å². The van der Waals surface area contributed by atoms with Gasteiger partial charge in [-0.15, -0.1) is 0 Å². The van der Waals surface area contributed by atoms with Crippen LogP contribution in [-0.2, 0) is 0 Å². The molecule has 4 aromatic rings. The van der Waals surface area contributed by atoms with Gasteiger partial charge >= 0.3 is 0 Å². The summed E-state index contributed by atoms with van der Waals surface area (Å²) in [5.74, 6) is 0.324. The molecule has 4 aromatic carbocycles. The average Bonchev–Trinajstić information content (AvgIpc) is 2.51. The molecule has 102 valence electrons. The summed E-state index contributed by atoms with van der Waals surface area (Å²) in [4.78, 5) is 0. The zero-order chi connectivity index (χ0) is 14.6. The van der Waals surface area contributed by atoms with Gasteiger partial charge in [0, 0.05) is 0 Å². The quantitative estimate of drug-likeness (QED) is 0.332. The van der Waals surface area contributed by atoms with Crippen LogP contribution in [0.1, 0.15) is 11.1 Å². The first-order valence-electron chi connectivity index (χ1n) is 7.20. The average molecular weight is 272 g/mol. The lowest BCUT2D eigenvalue weighted by molar-refractivity contribution is 0.476. The van der Waals surface area contributed by atoms with Crippen LogP contribution in [0.4, 0.5) is 0 Å². The third kappa shape index (κ3) is 1.64. The van der Waals surface area contributed by atoms with Crippen LogP contribution in [0.15, 0.2) is 54.6 Å². The van der Waals surface area contributed by atoms with Gasteiger partial charge in [0.25, 0.3) is 0 Å². The molecule has 1 N–H and O–H groups in total. The van der Waals surface area contributed by atoms with E-state index in [4.69, 9.17) is 0 Å². The molecule has 0 amide bonds. The van der Waals surface area contributed by atoms with Gasteiger partial charge in [-0.1, -0.05) is 42.5 Å². The zero-order valence-electron chi connectivity index (χ0n) is 12.1. The second-order valence-corrected chi connectivity index (χ2v) is 5.69. The lowest BCUT2D eigenvalue weighted by atomic mass is 9.90. The maximum Gasteiger partial charge on any atom is 0.116 e. The number of hydrogen-bond donors (Lipinski definition) is 1. The van der Waals surface area contributed by atoms with Crippen molar-refractivity contribution in [1.82, 2.24) is 0 Å². The lowest BCUT2D eigenvalue weighted by Gasteiger charge is -2.14. The second kappa shape index (κ2) is 4.23. The van der Waals surface area contributed by atoms with Crippen molar-refractivity contribution in [1.29, 1.82) is 0 Å². The molecule has 1 heteroatoms.